The predicted octanol–water partition coefficient (Wildman–Crippen LogP) is 6.20. The number of hydrogen-bond acceptors (Lipinski definition) is 4. The molecule has 1 N–H and O–H groups in total. The fourth-order valence-electron chi connectivity index (χ4n) is 4.53. The van der Waals surface area contributed by atoms with E-state index >= 15 is 0 Å². The lowest BCUT2D eigenvalue weighted by molar-refractivity contribution is -0.118. The van der Waals surface area contributed by atoms with E-state index in [9.17, 15) is 4.79 Å². The number of carbonyl (C=O) groups is 1. The number of nitrogens with one attached hydrogen (secondary N) is 1. The Balaban J connectivity index is 1.38. The zero-order chi connectivity index (χ0) is 24.0. The third-order valence-electron chi connectivity index (χ3n) is 6.50. The lowest BCUT2D eigenvalue weighted by Crippen LogP contribution is -2.26. The summed E-state index contributed by atoms with van der Waals surface area (Å²) in [7, 11) is 0. The fourth-order valence-corrected chi connectivity index (χ4v) is 5.36. The maximum Gasteiger partial charge on any atom is 0.230 e. The molecular formula is C28H36N4OS. The van der Waals surface area contributed by atoms with E-state index in [0.29, 0.717) is 18.3 Å². The summed E-state index contributed by atoms with van der Waals surface area (Å²) in [4.78, 5) is 12.5. The Hall–Kier alpha value is -2.60. The van der Waals surface area contributed by atoms with Gasteiger partial charge in [-0.25, -0.2) is 0 Å². The first-order chi connectivity index (χ1) is 16.4. The zero-order valence-electron chi connectivity index (χ0n) is 20.6. The summed E-state index contributed by atoms with van der Waals surface area (Å²) in [6.07, 6.45) is 6.66. The molecule has 34 heavy (non-hydrogen) atoms. The summed E-state index contributed by atoms with van der Waals surface area (Å²) in [5.74, 6) is 1.33. The van der Waals surface area contributed by atoms with Crippen molar-refractivity contribution < 1.29 is 4.79 Å². The van der Waals surface area contributed by atoms with Gasteiger partial charge in [-0.1, -0.05) is 100.0 Å². The number of hydrogen-bond donors (Lipinski definition) is 1. The van der Waals surface area contributed by atoms with Crippen molar-refractivity contribution in [1.29, 1.82) is 0 Å². The third-order valence-corrected chi connectivity index (χ3v) is 7.45. The molecule has 1 aliphatic rings. The van der Waals surface area contributed by atoms with Crippen LogP contribution in [0.25, 0.3) is 11.4 Å². The zero-order valence-corrected chi connectivity index (χ0v) is 21.4. The molecule has 1 amide bonds. The molecule has 1 aliphatic carbocycles. The van der Waals surface area contributed by atoms with Crippen molar-refractivity contribution >= 4 is 17.7 Å². The molecule has 0 atom stereocenters. The number of amides is 1. The molecule has 1 heterocycles. The molecule has 4 rings (SSSR count). The second-order valence-corrected chi connectivity index (χ2v) is 11.1. The van der Waals surface area contributed by atoms with Crippen LogP contribution in [0.2, 0.25) is 0 Å². The highest BCUT2D eigenvalue weighted by molar-refractivity contribution is 7.99. The molecule has 6 heteroatoms. The lowest BCUT2D eigenvalue weighted by Gasteiger charge is -2.20. The van der Waals surface area contributed by atoms with Gasteiger partial charge in [0.1, 0.15) is 0 Å². The molecular weight excluding hydrogens is 440 g/mol. The number of aromatic nitrogens is 3. The van der Waals surface area contributed by atoms with Crippen LogP contribution in [-0.2, 0) is 16.6 Å². The molecule has 5 nitrogen and oxygen atoms in total. The van der Waals surface area contributed by atoms with Crippen LogP contribution in [0.5, 0.6) is 0 Å². The molecule has 1 saturated carbocycles. The van der Waals surface area contributed by atoms with Gasteiger partial charge in [-0.2, -0.15) is 0 Å². The fraction of sp³-hybridized carbons (Fsp3) is 0.464. The predicted molar refractivity (Wildman–Crippen MR) is 140 cm³/mol. The van der Waals surface area contributed by atoms with Crippen molar-refractivity contribution in [2.75, 3.05) is 12.3 Å². The first kappa shape index (κ1) is 24.5. The summed E-state index contributed by atoms with van der Waals surface area (Å²) in [6, 6.07) is 19.5. The molecule has 0 unspecified atom stereocenters. The normalized spacial score (nSPS) is 14.4. The average molecular weight is 477 g/mol. The third kappa shape index (κ3) is 6.29. The summed E-state index contributed by atoms with van der Waals surface area (Å²) >= 11 is 1.50. The number of carbonyl (C=O) groups excluding carboxylic acids is 1. The molecule has 0 bridgehead atoms. The topological polar surface area (TPSA) is 59.8 Å². The van der Waals surface area contributed by atoms with Crippen LogP contribution < -0.4 is 5.32 Å². The van der Waals surface area contributed by atoms with E-state index in [1.54, 1.807) is 0 Å². The summed E-state index contributed by atoms with van der Waals surface area (Å²) in [5.41, 5.74) is 3.82. The number of thioether (sulfide) groups is 1. The van der Waals surface area contributed by atoms with Gasteiger partial charge in [0, 0.05) is 18.2 Å². The Kier molecular flexibility index (Phi) is 8.09. The standard InChI is InChI=1S/C28H36N4OS/c1-28(2,3)23-17-15-22(16-18-23)26-30-31-27(32(26)24-13-7-8-14-24)34-20-25(33)29-19-9-12-21-10-5-4-6-11-21/h4-6,10-11,15-18,24H,7-9,12-14,19-20H2,1-3H3,(H,29,33). The maximum atomic E-state index is 12.5. The van der Waals surface area contributed by atoms with Crippen LogP contribution in [0.1, 0.15) is 70.0 Å². The smallest absolute Gasteiger partial charge is 0.230 e. The number of nitrogens with zero attached hydrogens (tertiary/aromatic N) is 3. The summed E-state index contributed by atoms with van der Waals surface area (Å²) in [6.45, 7) is 7.37. The van der Waals surface area contributed by atoms with Gasteiger partial charge in [0.2, 0.25) is 5.91 Å². The quantitative estimate of drug-likeness (QED) is 0.295. The number of aryl methyl sites for hydroxylation is 1. The first-order valence-corrected chi connectivity index (χ1v) is 13.4. The molecule has 3 aromatic rings. The van der Waals surface area contributed by atoms with Gasteiger partial charge in [-0.3, -0.25) is 9.36 Å². The van der Waals surface area contributed by atoms with Crippen molar-refractivity contribution in [2.24, 2.45) is 0 Å². The first-order valence-electron chi connectivity index (χ1n) is 12.4. The van der Waals surface area contributed by atoms with Gasteiger partial charge in [0.15, 0.2) is 11.0 Å². The van der Waals surface area contributed by atoms with Gasteiger partial charge in [-0.05, 0) is 42.2 Å². The monoisotopic (exact) mass is 476 g/mol. The van der Waals surface area contributed by atoms with E-state index < -0.39 is 0 Å². The van der Waals surface area contributed by atoms with E-state index in [4.69, 9.17) is 0 Å². The second-order valence-electron chi connectivity index (χ2n) is 10.2. The number of rotatable bonds is 9. The SMILES string of the molecule is CC(C)(C)c1ccc(-c2nnc(SCC(=O)NCCCc3ccccc3)n2C2CCCC2)cc1. The van der Waals surface area contributed by atoms with E-state index in [-0.39, 0.29) is 11.3 Å². The minimum absolute atomic E-state index is 0.0510. The Morgan fingerprint density at radius 1 is 1.03 bits per heavy atom. The van der Waals surface area contributed by atoms with Crippen molar-refractivity contribution in [3.8, 4) is 11.4 Å². The largest absolute Gasteiger partial charge is 0.355 e. The van der Waals surface area contributed by atoms with Gasteiger partial charge >= 0.3 is 0 Å². The van der Waals surface area contributed by atoms with Crippen LogP contribution in [0.4, 0.5) is 0 Å². The van der Waals surface area contributed by atoms with E-state index in [1.807, 2.05) is 6.07 Å². The highest BCUT2D eigenvalue weighted by atomic mass is 32.2. The average Bonchev–Trinajstić information content (AvgIpc) is 3.50. The van der Waals surface area contributed by atoms with E-state index in [0.717, 1.165) is 42.2 Å². The molecule has 0 aliphatic heterocycles. The van der Waals surface area contributed by atoms with Crippen molar-refractivity contribution in [3.05, 3.63) is 65.7 Å². The van der Waals surface area contributed by atoms with Crippen molar-refractivity contribution in [3.63, 3.8) is 0 Å². The molecule has 0 spiro atoms. The van der Waals surface area contributed by atoms with Crippen LogP contribution in [-0.4, -0.2) is 33.0 Å². The Labute approximate surface area is 207 Å². The van der Waals surface area contributed by atoms with Gasteiger partial charge in [0.05, 0.1) is 5.75 Å². The van der Waals surface area contributed by atoms with Gasteiger partial charge in [0.25, 0.3) is 0 Å². The minimum atomic E-state index is 0.0510. The van der Waals surface area contributed by atoms with Crippen molar-refractivity contribution in [2.45, 2.75) is 75.9 Å². The second kappa shape index (κ2) is 11.2. The molecule has 0 radical (unpaired) electrons. The van der Waals surface area contributed by atoms with Crippen LogP contribution in [0.3, 0.4) is 0 Å². The molecule has 1 aromatic heterocycles. The van der Waals surface area contributed by atoms with Crippen molar-refractivity contribution in [1.82, 2.24) is 20.1 Å². The van der Waals surface area contributed by atoms with E-state index in [1.165, 1.54) is 35.7 Å². The summed E-state index contributed by atoms with van der Waals surface area (Å²) < 4.78 is 2.28. The van der Waals surface area contributed by atoms with Gasteiger partial charge < -0.3 is 5.32 Å². The highest BCUT2D eigenvalue weighted by Crippen LogP contribution is 2.37. The molecule has 2 aromatic carbocycles. The molecule has 180 valence electrons. The minimum Gasteiger partial charge on any atom is -0.355 e. The Morgan fingerprint density at radius 2 is 1.74 bits per heavy atom. The number of benzene rings is 2. The maximum absolute atomic E-state index is 12.5. The highest BCUT2D eigenvalue weighted by Gasteiger charge is 2.25. The lowest BCUT2D eigenvalue weighted by atomic mass is 9.86. The van der Waals surface area contributed by atoms with Gasteiger partial charge in [-0.15, -0.1) is 10.2 Å². The summed E-state index contributed by atoms with van der Waals surface area (Å²) in [5, 5.41) is 13.0. The van der Waals surface area contributed by atoms with Crippen LogP contribution >= 0.6 is 11.8 Å². The van der Waals surface area contributed by atoms with E-state index in [2.05, 4.69) is 89.4 Å². The Morgan fingerprint density at radius 3 is 2.41 bits per heavy atom. The van der Waals surface area contributed by atoms with Crippen LogP contribution in [0, 0.1) is 0 Å². The molecule has 1 fully saturated rings. The molecule has 0 saturated heterocycles. The van der Waals surface area contributed by atoms with Crippen LogP contribution in [0.15, 0.2) is 59.8 Å². The Bertz CT molecular complexity index is 1060.